The molecule has 0 aliphatic carbocycles. The van der Waals surface area contributed by atoms with Gasteiger partial charge in [0.1, 0.15) is 11.2 Å². The molecular formula is C36H26N2O. The molecule has 0 atom stereocenters. The number of para-hydroxylation sites is 3. The van der Waals surface area contributed by atoms with Gasteiger partial charge in [-0.25, -0.2) is 0 Å². The Morgan fingerprint density at radius 2 is 1.23 bits per heavy atom. The minimum atomic E-state index is 0.860. The minimum Gasteiger partial charge on any atom is -0.456 e. The van der Waals surface area contributed by atoms with Crippen LogP contribution in [-0.2, 0) is 6.42 Å². The van der Waals surface area contributed by atoms with Gasteiger partial charge in [0, 0.05) is 56.1 Å². The number of nitrogens with zero attached hydrogens (tertiary/aromatic N) is 1. The molecule has 0 bridgehead atoms. The first-order valence-corrected chi connectivity index (χ1v) is 13.4. The van der Waals surface area contributed by atoms with Crippen molar-refractivity contribution in [3.8, 4) is 0 Å². The van der Waals surface area contributed by atoms with E-state index in [4.69, 9.17) is 4.42 Å². The summed E-state index contributed by atoms with van der Waals surface area (Å²) >= 11 is 0. The molecule has 186 valence electrons. The molecule has 3 heteroatoms. The third-order valence-corrected chi connectivity index (χ3v) is 8.01. The van der Waals surface area contributed by atoms with E-state index >= 15 is 0 Å². The maximum atomic E-state index is 6.41. The highest BCUT2D eigenvalue weighted by molar-refractivity contribution is 6.22. The summed E-state index contributed by atoms with van der Waals surface area (Å²) in [6, 6.07) is 42.8. The van der Waals surface area contributed by atoms with Crippen molar-refractivity contribution < 1.29 is 4.42 Å². The topological polar surface area (TPSA) is 28.4 Å². The zero-order chi connectivity index (χ0) is 25.9. The van der Waals surface area contributed by atoms with Crippen molar-refractivity contribution in [2.45, 2.75) is 13.3 Å². The van der Waals surface area contributed by atoms with Gasteiger partial charge in [-0.15, -0.1) is 0 Å². The van der Waals surface area contributed by atoms with Gasteiger partial charge in [0.2, 0.25) is 0 Å². The number of fused-ring (bicyclic) bond motifs is 1. The van der Waals surface area contributed by atoms with Crippen LogP contribution in [0, 0.1) is 0 Å². The molecule has 0 saturated heterocycles. The first-order chi connectivity index (χ1) is 19.3. The van der Waals surface area contributed by atoms with Crippen LogP contribution in [-0.4, -0.2) is 0 Å². The summed E-state index contributed by atoms with van der Waals surface area (Å²) < 4.78 is 6.41. The molecule has 1 aliphatic rings. The second kappa shape index (κ2) is 8.50. The predicted molar refractivity (Wildman–Crippen MR) is 163 cm³/mol. The van der Waals surface area contributed by atoms with Gasteiger partial charge < -0.3 is 14.6 Å². The van der Waals surface area contributed by atoms with Gasteiger partial charge in [0.25, 0.3) is 0 Å². The molecule has 8 rings (SSSR count). The Morgan fingerprint density at radius 1 is 0.641 bits per heavy atom. The molecular weight excluding hydrogens is 476 g/mol. The van der Waals surface area contributed by atoms with Crippen LogP contribution in [0.15, 0.2) is 126 Å². The zero-order valence-corrected chi connectivity index (χ0v) is 21.6. The fourth-order valence-electron chi connectivity index (χ4n) is 6.39. The third kappa shape index (κ3) is 3.30. The molecule has 0 fully saturated rings. The standard InChI is InChI=1S/C36H26N2O/c1-23(38(25-13-4-2-5-14-25)26-15-6-3-7-16-26)33-27-17-10-20-31-35(27)36-28(18-11-21-32(36)39-31)34(33)30-22-24-12-8-9-19-29(24)37-30/h2-21,37H,22H2,1H3/b33-23+,34-30+. The van der Waals surface area contributed by atoms with Crippen molar-refractivity contribution in [3.05, 3.63) is 137 Å². The SMILES string of the molecule is C/C(=c1\c(=C2/Cc3ccccc3N2)c2cccc3oc4cccc1c4c32)N(c1ccccc1)c1ccccc1. The van der Waals surface area contributed by atoms with E-state index in [-0.39, 0.29) is 0 Å². The van der Waals surface area contributed by atoms with Gasteiger partial charge in [-0.3, -0.25) is 0 Å². The van der Waals surface area contributed by atoms with Crippen molar-refractivity contribution in [1.29, 1.82) is 0 Å². The van der Waals surface area contributed by atoms with Crippen molar-refractivity contribution >= 4 is 61.2 Å². The predicted octanol–water partition coefficient (Wildman–Crippen LogP) is 7.92. The molecule has 39 heavy (non-hydrogen) atoms. The van der Waals surface area contributed by atoms with Gasteiger partial charge in [0.05, 0.1) is 0 Å². The summed E-state index contributed by atoms with van der Waals surface area (Å²) in [6.45, 7) is 2.25. The van der Waals surface area contributed by atoms with E-state index in [1.165, 1.54) is 54.6 Å². The van der Waals surface area contributed by atoms with Crippen LogP contribution in [0.25, 0.3) is 44.1 Å². The molecule has 0 amide bonds. The van der Waals surface area contributed by atoms with Gasteiger partial charge >= 0.3 is 0 Å². The van der Waals surface area contributed by atoms with E-state index in [0.29, 0.717) is 0 Å². The van der Waals surface area contributed by atoms with Crippen LogP contribution in [0.4, 0.5) is 17.1 Å². The van der Waals surface area contributed by atoms with Crippen LogP contribution < -0.4 is 20.7 Å². The fourth-order valence-corrected chi connectivity index (χ4v) is 6.39. The second-order valence-electron chi connectivity index (χ2n) is 10.2. The van der Waals surface area contributed by atoms with Gasteiger partial charge in [0.15, 0.2) is 0 Å². The molecule has 0 spiro atoms. The van der Waals surface area contributed by atoms with E-state index in [1.807, 2.05) is 0 Å². The van der Waals surface area contributed by atoms with Crippen LogP contribution in [0.3, 0.4) is 0 Å². The van der Waals surface area contributed by atoms with Crippen molar-refractivity contribution in [1.82, 2.24) is 0 Å². The second-order valence-corrected chi connectivity index (χ2v) is 10.2. The van der Waals surface area contributed by atoms with Crippen molar-refractivity contribution in [2.75, 3.05) is 10.2 Å². The monoisotopic (exact) mass is 502 g/mol. The van der Waals surface area contributed by atoms with Crippen LogP contribution >= 0.6 is 0 Å². The molecule has 0 saturated carbocycles. The lowest BCUT2D eigenvalue weighted by Crippen LogP contribution is -2.36. The molecule has 3 nitrogen and oxygen atoms in total. The van der Waals surface area contributed by atoms with Crippen molar-refractivity contribution in [3.63, 3.8) is 0 Å². The highest BCUT2D eigenvalue weighted by atomic mass is 16.3. The van der Waals surface area contributed by atoms with Gasteiger partial charge in [-0.05, 0) is 65.7 Å². The van der Waals surface area contributed by atoms with Gasteiger partial charge in [-0.2, -0.15) is 0 Å². The molecule has 0 radical (unpaired) electrons. The Balaban J connectivity index is 1.60. The lowest BCUT2D eigenvalue weighted by atomic mass is 9.95. The maximum absolute atomic E-state index is 6.41. The average Bonchev–Trinajstić information content (AvgIpc) is 3.59. The maximum Gasteiger partial charge on any atom is 0.136 e. The molecule has 6 aromatic carbocycles. The summed E-state index contributed by atoms with van der Waals surface area (Å²) in [7, 11) is 0. The Labute approximate surface area is 226 Å². The smallest absolute Gasteiger partial charge is 0.136 e. The normalized spacial score (nSPS) is 15.1. The minimum absolute atomic E-state index is 0.860. The van der Waals surface area contributed by atoms with Crippen LogP contribution in [0.2, 0.25) is 0 Å². The van der Waals surface area contributed by atoms with Crippen molar-refractivity contribution in [2.24, 2.45) is 0 Å². The number of furan rings is 1. The quantitative estimate of drug-likeness (QED) is 0.249. The number of rotatable bonds is 3. The van der Waals surface area contributed by atoms with Gasteiger partial charge in [-0.1, -0.05) is 78.9 Å². The highest BCUT2D eigenvalue weighted by Crippen LogP contribution is 2.36. The Hall–Kier alpha value is -5.02. The molecule has 2 heterocycles. The molecule has 0 unspecified atom stereocenters. The Bertz CT molecular complexity index is 2060. The molecule has 7 aromatic rings. The fraction of sp³-hybridized carbons (Fsp3) is 0.0556. The first-order valence-electron chi connectivity index (χ1n) is 13.4. The molecule has 1 aliphatic heterocycles. The van der Waals surface area contributed by atoms with E-state index in [1.54, 1.807) is 0 Å². The first kappa shape index (κ1) is 22.0. The summed E-state index contributed by atoms with van der Waals surface area (Å²) in [5.74, 6) is 0. The molecule has 1 N–H and O–H groups in total. The zero-order valence-electron chi connectivity index (χ0n) is 21.6. The Morgan fingerprint density at radius 3 is 1.90 bits per heavy atom. The number of benzene rings is 6. The largest absolute Gasteiger partial charge is 0.456 e. The lowest BCUT2D eigenvalue weighted by Gasteiger charge is -2.27. The number of nitrogens with one attached hydrogen (secondary N) is 1. The van der Waals surface area contributed by atoms with E-state index in [2.05, 4.69) is 138 Å². The third-order valence-electron chi connectivity index (χ3n) is 8.01. The average molecular weight is 503 g/mol. The Kier molecular flexibility index (Phi) is 4.80. The van der Waals surface area contributed by atoms with Crippen LogP contribution in [0.1, 0.15) is 12.5 Å². The molecule has 1 aromatic heterocycles. The number of hydrogen-bond acceptors (Lipinski definition) is 3. The summed E-state index contributed by atoms with van der Waals surface area (Å²) in [5.41, 5.74) is 9.02. The van der Waals surface area contributed by atoms with E-state index in [0.717, 1.165) is 29.0 Å². The summed E-state index contributed by atoms with van der Waals surface area (Å²) in [6.07, 6.45) is 0.860. The van der Waals surface area contributed by atoms with Crippen LogP contribution in [0.5, 0.6) is 0 Å². The lowest BCUT2D eigenvalue weighted by molar-refractivity contribution is 0.669. The highest BCUT2D eigenvalue weighted by Gasteiger charge is 2.23. The summed E-state index contributed by atoms with van der Waals surface area (Å²) in [4.78, 5) is 2.38. The number of anilines is 3. The van der Waals surface area contributed by atoms with E-state index < -0.39 is 0 Å². The van der Waals surface area contributed by atoms with E-state index in [9.17, 15) is 0 Å². The number of hydrogen-bond donors (Lipinski definition) is 1. The summed E-state index contributed by atoms with van der Waals surface area (Å²) in [5, 5.41) is 11.1.